The third kappa shape index (κ3) is 4.69. The SMILES string of the molecule is CC(C)N(C)CC(=O)N1CCN(S(=O)(=O)c2ccc(F)c(Cl)c2)CC1. The van der Waals surface area contributed by atoms with Gasteiger partial charge in [-0.25, -0.2) is 12.8 Å². The van der Waals surface area contributed by atoms with E-state index in [-0.39, 0.29) is 35.0 Å². The summed E-state index contributed by atoms with van der Waals surface area (Å²) in [6.07, 6.45) is 0. The molecule has 1 aliphatic heterocycles. The summed E-state index contributed by atoms with van der Waals surface area (Å²) in [7, 11) is -1.88. The van der Waals surface area contributed by atoms with Gasteiger partial charge >= 0.3 is 0 Å². The Morgan fingerprint density at radius 1 is 1.28 bits per heavy atom. The van der Waals surface area contributed by atoms with Crippen molar-refractivity contribution in [2.75, 3.05) is 39.8 Å². The smallest absolute Gasteiger partial charge is 0.243 e. The van der Waals surface area contributed by atoms with Crippen molar-refractivity contribution >= 4 is 27.5 Å². The van der Waals surface area contributed by atoms with E-state index in [0.29, 0.717) is 19.6 Å². The number of sulfonamides is 1. The minimum absolute atomic E-state index is 0.0157. The second-order valence-corrected chi connectivity index (χ2v) is 8.71. The Morgan fingerprint density at radius 3 is 2.40 bits per heavy atom. The number of benzene rings is 1. The molecule has 0 saturated carbocycles. The van der Waals surface area contributed by atoms with Gasteiger partial charge in [0.05, 0.1) is 16.5 Å². The second-order valence-electron chi connectivity index (χ2n) is 6.37. The number of piperazine rings is 1. The predicted octanol–water partition coefficient (Wildman–Crippen LogP) is 1.65. The van der Waals surface area contributed by atoms with Crippen molar-refractivity contribution < 1.29 is 17.6 Å². The zero-order valence-electron chi connectivity index (χ0n) is 14.6. The van der Waals surface area contributed by atoms with Gasteiger partial charge in [0.1, 0.15) is 5.82 Å². The number of rotatable bonds is 5. The highest BCUT2D eigenvalue weighted by molar-refractivity contribution is 7.89. The van der Waals surface area contributed by atoms with E-state index in [1.807, 2.05) is 25.8 Å². The molecule has 1 aromatic rings. The first kappa shape index (κ1) is 20.1. The predicted molar refractivity (Wildman–Crippen MR) is 94.5 cm³/mol. The Balaban J connectivity index is 2.01. The summed E-state index contributed by atoms with van der Waals surface area (Å²) in [5.41, 5.74) is 0. The van der Waals surface area contributed by atoms with E-state index in [1.165, 1.54) is 10.4 Å². The van der Waals surface area contributed by atoms with E-state index in [2.05, 4.69) is 0 Å². The first-order valence-corrected chi connectivity index (χ1v) is 9.88. The quantitative estimate of drug-likeness (QED) is 0.765. The Hall–Kier alpha value is -1.22. The summed E-state index contributed by atoms with van der Waals surface area (Å²) in [6.45, 7) is 5.38. The van der Waals surface area contributed by atoms with Crippen LogP contribution in [0.3, 0.4) is 0 Å². The molecule has 0 aliphatic carbocycles. The normalized spacial score (nSPS) is 16.7. The number of carbonyl (C=O) groups excluding carboxylic acids is 1. The fourth-order valence-corrected chi connectivity index (χ4v) is 4.15. The van der Waals surface area contributed by atoms with Gasteiger partial charge in [-0.2, -0.15) is 4.31 Å². The van der Waals surface area contributed by atoms with Gasteiger partial charge in [-0.15, -0.1) is 0 Å². The molecular weight excluding hydrogens is 369 g/mol. The lowest BCUT2D eigenvalue weighted by molar-refractivity contribution is -0.133. The second kappa shape index (κ2) is 7.99. The fraction of sp³-hybridized carbons (Fsp3) is 0.562. The molecule has 6 nitrogen and oxygen atoms in total. The van der Waals surface area contributed by atoms with Crippen molar-refractivity contribution in [3.63, 3.8) is 0 Å². The van der Waals surface area contributed by atoms with Crippen molar-refractivity contribution in [2.24, 2.45) is 0 Å². The van der Waals surface area contributed by atoms with Gasteiger partial charge in [0.2, 0.25) is 15.9 Å². The van der Waals surface area contributed by atoms with Crippen molar-refractivity contribution in [3.8, 4) is 0 Å². The highest BCUT2D eigenvalue weighted by Gasteiger charge is 2.30. The fourth-order valence-electron chi connectivity index (χ4n) is 2.46. The van der Waals surface area contributed by atoms with Crippen molar-refractivity contribution in [1.29, 1.82) is 0 Å². The Kier molecular flexibility index (Phi) is 6.42. The van der Waals surface area contributed by atoms with Crippen molar-refractivity contribution in [2.45, 2.75) is 24.8 Å². The van der Waals surface area contributed by atoms with E-state index >= 15 is 0 Å². The molecule has 25 heavy (non-hydrogen) atoms. The van der Waals surface area contributed by atoms with Crippen LogP contribution in [-0.4, -0.2) is 74.2 Å². The number of hydrogen-bond donors (Lipinski definition) is 0. The lowest BCUT2D eigenvalue weighted by atomic mass is 10.3. The van der Waals surface area contributed by atoms with Gasteiger partial charge in [0.25, 0.3) is 0 Å². The van der Waals surface area contributed by atoms with E-state index in [4.69, 9.17) is 11.6 Å². The Morgan fingerprint density at radius 2 is 1.88 bits per heavy atom. The molecule has 0 atom stereocenters. The van der Waals surface area contributed by atoms with Crippen LogP contribution in [0.25, 0.3) is 0 Å². The largest absolute Gasteiger partial charge is 0.339 e. The molecule has 0 unspecified atom stereocenters. The summed E-state index contributed by atoms with van der Waals surface area (Å²) in [4.78, 5) is 15.8. The Labute approximate surface area is 153 Å². The molecule has 1 heterocycles. The first-order valence-electron chi connectivity index (χ1n) is 8.06. The summed E-state index contributed by atoms with van der Waals surface area (Å²) in [5.74, 6) is -0.677. The van der Waals surface area contributed by atoms with E-state index in [1.54, 1.807) is 4.90 Å². The van der Waals surface area contributed by atoms with Gasteiger partial charge < -0.3 is 4.90 Å². The summed E-state index contributed by atoms with van der Waals surface area (Å²) >= 11 is 5.68. The van der Waals surface area contributed by atoms with Gasteiger partial charge in [0.15, 0.2) is 0 Å². The molecule has 140 valence electrons. The third-order valence-corrected chi connectivity index (χ3v) is 6.57. The molecule has 0 spiro atoms. The average molecular weight is 392 g/mol. The van der Waals surface area contributed by atoms with Crippen LogP contribution in [0.15, 0.2) is 23.1 Å². The Bertz CT molecular complexity index is 734. The van der Waals surface area contributed by atoms with Gasteiger partial charge in [-0.05, 0) is 39.1 Å². The van der Waals surface area contributed by atoms with Gasteiger partial charge in [-0.3, -0.25) is 9.69 Å². The van der Waals surface area contributed by atoms with Crippen LogP contribution < -0.4 is 0 Å². The number of hydrogen-bond acceptors (Lipinski definition) is 4. The van der Waals surface area contributed by atoms with Crippen LogP contribution in [-0.2, 0) is 14.8 Å². The minimum Gasteiger partial charge on any atom is -0.339 e. The lowest BCUT2D eigenvalue weighted by Crippen LogP contribution is -2.52. The van der Waals surface area contributed by atoms with E-state index < -0.39 is 15.8 Å². The zero-order valence-corrected chi connectivity index (χ0v) is 16.1. The van der Waals surface area contributed by atoms with Gasteiger partial charge in [-0.1, -0.05) is 11.6 Å². The molecule has 1 aromatic carbocycles. The molecule has 0 aromatic heterocycles. The standard InChI is InChI=1S/C16H23ClFN3O3S/c1-12(2)19(3)11-16(22)20-6-8-21(9-7-20)25(23,24)13-4-5-15(18)14(17)10-13/h4-5,10,12H,6-9,11H2,1-3H3. The van der Waals surface area contributed by atoms with E-state index in [9.17, 15) is 17.6 Å². The molecule has 9 heteroatoms. The van der Waals surface area contributed by atoms with Crippen LogP contribution >= 0.6 is 11.6 Å². The summed E-state index contributed by atoms with van der Waals surface area (Å²) < 4.78 is 39.8. The summed E-state index contributed by atoms with van der Waals surface area (Å²) in [5, 5.41) is -0.230. The van der Waals surface area contributed by atoms with Crippen molar-refractivity contribution in [3.05, 3.63) is 29.0 Å². The van der Waals surface area contributed by atoms with Crippen LogP contribution in [0, 0.1) is 5.82 Å². The molecule has 2 rings (SSSR count). The maximum atomic E-state index is 13.2. The number of likely N-dealkylation sites (N-methyl/N-ethyl adjacent to an activating group) is 1. The number of halogens is 2. The average Bonchev–Trinajstić information content (AvgIpc) is 2.57. The third-order valence-electron chi connectivity index (χ3n) is 4.39. The van der Waals surface area contributed by atoms with Gasteiger partial charge in [0, 0.05) is 32.2 Å². The first-order chi connectivity index (χ1) is 11.6. The topological polar surface area (TPSA) is 60.9 Å². The number of amides is 1. The molecular formula is C16H23ClFN3O3S. The van der Waals surface area contributed by atoms with Crippen LogP contribution in [0.4, 0.5) is 4.39 Å². The molecule has 1 saturated heterocycles. The number of nitrogens with zero attached hydrogens (tertiary/aromatic N) is 3. The van der Waals surface area contributed by atoms with Crippen molar-refractivity contribution in [1.82, 2.24) is 14.1 Å². The van der Waals surface area contributed by atoms with Crippen LogP contribution in [0.1, 0.15) is 13.8 Å². The maximum Gasteiger partial charge on any atom is 0.243 e. The van der Waals surface area contributed by atoms with E-state index in [0.717, 1.165) is 12.1 Å². The summed E-state index contributed by atoms with van der Waals surface area (Å²) in [6, 6.07) is 3.61. The van der Waals surface area contributed by atoms with Crippen LogP contribution in [0.2, 0.25) is 5.02 Å². The lowest BCUT2D eigenvalue weighted by Gasteiger charge is -2.35. The minimum atomic E-state index is -3.75. The molecule has 0 radical (unpaired) electrons. The molecule has 1 aliphatic rings. The molecule has 0 bridgehead atoms. The highest BCUT2D eigenvalue weighted by atomic mass is 35.5. The highest BCUT2D eigenvalue weighted by Crippen LogP contribution is 2.23. The molecule has 0 N–H and O–H groups in total. The molecule has 1 fully saturated rings. The number of carbonyl (C=O) groups is 1. The monoisotopic (exact) mass is 391 g/mol. The maximum absolute atomic E-state index is 13.2. The zero-order chi connectivity index (χ0) is 18.8. The molecule has 1 amide bonds. The van der Waals surface area contributed by atoms with Crippen LogP contribution in [0.5, 0.6) is 0 Å².